The Balaban J connectivity index is 4.63. The van der Waals surface area contributed by atoms with E-state index in [0.717, 1.165) is 122 Å². The summed E-state index contributed by atoms with van der Waals surface area (Å²) in [6.45, 7) is 2.39. The van der Waals surface area contributed by atoms with Crippen molar-refractivity contribution in [1.29, 1.82) is 0 Å². The zero-order valence-corrected chi connectivity index (χ0v) is 62.0. The number of ether oxygens (including phenoxy) is 3. The second kappa shape index (κ2) is 71.3. The van der Waals surface area contributed by atoms with E-state index in [0.29, 0.717) is 25.7 Å². The van der Waals surface area contributed by atoms with E-state index in [1.54, 1.807) is 0 Å². The first kappa shape index (κ1) is 92.4. The number of aliphatic hydroxyl groups excluding tert-OH is 2. The molecule has 0 rings (SSSR count). The number of carbonyl (C=O) groups is 3. The molecule has 0 spiro atoms. The average molecular weight is 1400 g/mol. The molecule has 5 atom stereocenters. The van der Waals surface area contributed by atoms with Crippen LogP contribution in [-0.2, 0) is 55.8 Å². The molecular weight excluding hydrogens is 1270 g/mol. The molecule has 0 amide bonds. The quantitative estimate of drug-likeness (QED) is 0.0146. The van der Waals surface area contributed by atoms with Gasteiger partial charge >= 0.3 is 33.6 Å². The number of aliphatic hydroxyl groups is 2. The number of carbonyl (C=O) groups excluding carboxylic acids is 3. The van der Waals surface area contributed by atoms with Gasteiger partial charge in [0, 0.05) is 19.3 Å². The fraction of sp³-hybridized carbons (Fsp3) is 0.658. The number of hydrogen-bond donors (Lipinski definition) is 4. The largest absolute Gasteiger partial charge is 0.472 e. The molecule has 554 valence electrons. The van der Waals surface area contributed by atoms with Crippen molar-refractivity contribution in [2.75, 3.05) is 39.6 Å². The first-order chi connectivity index (χ1) is 47.2. The second-order valence-corrected chi connectivity index (χ2v) is 27.3. The van der Waals surface area contributed by atoms with E-state index in [9.17, 15) is 43.5 Å². The lowest BCUT2D eigenvalue weighted by Gasteiger charge is -2.21. The first-order valence-electron chi connectivity index (χ1n) is 37.1. The molecule has 97 heavy (non-hydrogen) atoms. The van der Waals surface area contributed by atoms with Gasteiger partial charge in [-0.3, -0.25) is 32.5 Å². The van der Waals surface area contributed by atoms with E-state index in [2.05, 4.69) is 148 Å². The van der Waals surface area contributed by atoms with Gasteiger partial charge in [-0.05, 0) is 135 Å². The minimum absolute atomic E-state index is 0.0378. The van der Waals surface area contributed by atoms with Crippen LogP contribution in [0.4, 0.5) is 0 Å². The van der Waals surface area contributed by atoms with E-state index in [1.807, 2.05) is 18.2 Å². The highest BCUT2D eigenvalue weighted by Crippen LogP contribution is 2.45. The van der Waals surface area contributed by atoms with Gasteiger partial charge in [0.1, 0.15) is 25.4 Å². The predicted molar refractivity (Wildman–Crippen MR) is 399 cm³/mol. The number of unbranched alkanes of at least 4 members (excludes halogenated alkanes) is 22. The Morgan fingerprint density at radius 1 is 0.299 bits per heavy atom. The Labute approximate surface area is 587 Å². The van der Waals surface area contributed by atoms with Gasteiger partial charge < -0.3 is 34.2 Å². The van der Waals surface area contributed by atoms with Crippen molar-refractivity contribution in [3.8, 4) is 0 Å². The second-order valence-electron chi connectivity index (χ2n) is 24.4. The van der Waals surface area contributed by atoms with Gasteiger partial charge in [-0.2, -0.15) is 0 Å². The van der Waals surface area contributed by atoms with Crippen molar-refractivity contribution >= 4 is 33.6 Å². The van der Waals surface area contributed by atoms with E-state index in [1.165, 1.54) is 89.9 Å². The summed E-state index contributed by atoms with van der Waals surface area (Å²) in [4.78, 5) is 58.5. The topological polar surface area (TPSA) is 231 Å². The molecule has 0 bridgehead atoms. The number of phosphoric acid groups is 2. The summed E-state index contributed by atoms with van der Waals surface area (Å²) in [6.07, 6.45) is 86.3. The molecule has 0 aliphatic carbocycles. The minimum Gasteiger partial charge on any atom is -0.463 e. The molecule has 0 aromatic heterocycles. The summed E-state index contributed by atoms with van der Waals surface area (Å²) < 4.78 is 60.9. The molecule has 0 aromatic carbocycles. The molecule has 0 aliphatic rings. The molecule has 16 nitrogen and oxygen atoms in total. The van der Waals surface area contributed by atoms with Crippen LogP contribution in [0, 0.1) is 0 Å². The van der Waals surface area contributed by atoms with Gasteiger partial charge in [0.15, 0.2) is 6.10 Å². The Morgan fingerprint density at radius 3 is 0.928 bits per heavy atom. The van der Waals surface area contributed by atoms with Gasteiger partial charge in [0.05, 0.1) is 26.4 Å². The number of allylic oxidation sites excluding steroid dienone is 24. The van der Waals surface area contributed by atoms with Gasteiger partial charge in [-0.15, -0.1) is 0 Å². The van der Waals surface area contributed by atoms with Crippen molar-refractivity contribution < 1.29 is 75.8 Å². The van der Waals surface area contributed by atoms with Crippen molar-refractivity contribution in [3.05, 3.63) is 146 Å². The summed E-state index contributed by atoms with van der Waals surface area (Å²) in [7, 11) is -9.82. The third-order valence-corrected chi connectivity index (χ3v) is 16.9. The van der Waals surface area contributed by atoms with E-state index < -0.39 is 91.5 Å². The number of esters is 3. The minimum atomic E-state index is -4.95. The molecule has 0 radical (unpaired) electrons. The number of rotatable bonds is 69. The number of phosphoric ester groups is 2. The van der Waals surface area contributed by atoms with Crippen LogP contribution in [0.2, 0.25) is 0 Å². The molecule has 0 saturated heterocycles. The van der Waals surface area contributed by atoms with Crippen LogP contribution in [0.5, 0.6) is 0 Å². The average Bonchev–Trinajstić information content (AvgIpc) is 2.48. The zero-order chi connectivity index (χ0) is 70.9. The molecule has 0 aliphatic heterocycles. The lowest BCUT2D eigenvalue weighted by atomic mass is 10.0. The van der Waals surface area contributed by atoms with Crippen molar-refractivity contribution in [2.45, 2.75) is 296 Å². The van der Waals surface area contributed by atoms with Gasteiger partial charge in [0.2, 0.25) is 0 Å². The normalized spacial score (nSPS) is 14.9. The fourth-order valence-electron chi connectivity index (χ4n) is 9.37. The highest BCUT2D eigenvalue weighted by Gasteiger charge is 2.29. The fourth-order valence-corrected chi connectivity index (χ4v) is 11.0. The van der Waals surface area contributed by atoms with E-state index in [-0.39, 0.29) is 19.3 Å². The summed E-state index contributed by atoms with van der Waals surface area (Å²) in [5, 5.41) is 20.6. The van der Waals surface area contributed by atoms with E-state index in [4.69, 9.17) is 32.3 Å². The molecule has 4 N–H and O–H groups in total. The van der Waals surface area contributed by atoms with Gasteiger partial charge in [0.25, 0.3) is 0 Å². The van der Waals surface area contributed by atoms with E-state index >= 15 is 0 Å². The number of hydrogen-bond acceptors (Lipinski definition) is 14. The first-order valence-corrected chi connectivity index (χ1v) is 40.1. The molecule has 0 aromatic rings. The van der Waals surface area contributed by atoms with Crippen LogP contribution >= 0.6 is 15.6 Å². The van der Waals surface area contributed by atoms with Crippen LogP contribution in [0.25, 0.3) is 0 Å². The molecule has 0 fully saturated rings. The smallest absolute Gasteiger partial charge is 0.463 e. The van der Waals surface area contributed by atoms with Crippen LogP contribution in [0.1, 0.15) is 278 Å². The highest BCUT2D eigenvalue weighted by molar-refractivity contribution is 7.47. The van der Waals surface area contributed by atoms with Crippen molar-refractivity contribution in [3.63, 3.8) is 0 Å². The lowest BCUT2D eigenvalue weighted by Crippen LogP contribution is -2.30. The lowest BCUT2D eigenvalue weighted by molar-refractivity contribution is -0.161. The maximum Gasteiger partial charge on any atom is 0.472 e. The predicted octanol–water partition coefficient (Wildman–Crippen LogP) is 21.3. The van der Waals surface area contributed by atoms with Gasteiger partial charge in [-0.1, -0.05) is 269 Å². The van der Waals surface area contributed by atoms with Crippen LogP contribution in [-0.4, -0.2) is 95.9 Å². The Hall–Kier alpha value is -4.57. The van der Waals surface area contributed by atoms with Crippen LogP contribution < -0.4 is 0 Å². The monoisotopic (exact) mass is 1400 g/mol. The Morgan fingerprint density at radius 2 is 0.567 bits per heavy atom. The van der Waals surface area contributed by atoms with Crippen molar-refractivity contribution in [1.82, 2.24) is 0 Å². The standard InChI is InChI=1S/C79H132O16P2/c1-4-7-10-13-16-19-22-25-28-30-32-33-34-35-36-37-38-39-41-43-45-47-50-53-56-59-62-65-77(82)89-68-74(80)69-91-96(85,86)92-70-75(81)71-93-97(87,88)94-73-76(95-79(84)67-64-61-58-55-52-49-44-27-24-21-18-15-12-9-6-3)72-90-78(83)66-63-60-57-54-51-48-46-42-40-31-29-26-23-20-17-14-11-8-5-2/h8,11,16-21,25-29,32-33,35-36,40,42,44,48,51,57,60,74-76,80-81H,4-7,9-10,12-15,22-24,30-31,34,37-39,41,43,45-47,49-50,52-56,58-59,61-73H2,1-3H3,(H,85,86)(H,87,88)/b11-8-,19-16-,20-17-,21-18-,28-25-,29-26-,33-32-,36-35-,42-40-,44-27-,51-48-,60-57-. The molecule has 0 saturated carbocycles. The highest BCUT2D eigenvalue weighted by atomic mass is 31.2. The van der Waals surface area contributed by atoms with Crippen LogP contribution in [0.15, 0.2) is 146 Å². The molecule has 5 unspecified atom stereocenters. The Kier molecular flexibility index (Phi) is 67.9. The Bertz CT molecular complexity index is 2350. The molecule has 18 heteroatoms. The summed E-state index contributed by atoms with van der Waals surface area (Å²) in [5.41, 5.74) is 0. The third-order valence-electron chi connectivity index (χ3n) is 15.0. The SMILES string of the molecule is CC/C=C\C/C=C\C/C=C\C/C=C\C/C=C\C/C=C\CCC(=O)OCC(COP(=O)(O)OCC(O)COP(=O)(O)OCC(O)COC(=O)CCCCCCCCCCCCC/C=C\C/C=C\C/C=C\C/C=C\CCCCC)OC(=O)CCCCCCC/C=C\C/C=C\CCCCC. The zero-order valence-electron chi connectivity index (χ0n) is 60.2. The molecule has 0 heterocycles. The maximum atomic E-state index is 12.9. The maximum absolute atomic E-state index is 12.9. The van der Waals surface area contributed by atoms with Crippen LogP contribution in [0.3, 0.4) is 0 Å². The molecular formula is C79H132O16P2. The van der Waals surface area contributed by atoms with Crippen molar-refractivity contribution in [2.24, 2.45) is 0 Å². The summed E-state index contributed by atoms with van der Waals surface area (Å²) in [6, 6.07) is 0. The third kappa shape index (κ3) is 72.5. The summed E-state index contributed by atoms with van der Waals surface area (Å²) in [5.74, 6) is -1.70. The summed E-state index contributed by atoms with van der Waals surface area (Å²) >= 11 is 0. The van der Waals surface area contributed by atoms with Gasteiger partial charge in [-0.25, -0.2) is 9.13 Å².